The lowest BCUT2D eigenvalue weighted by Crippen LogP contribution is -2.57. The molecule has 2 aromatic carbocycles. The van der Waals surface area contributed by atoms with Gasteiger partial charge in [-0.05, 0) is 36.4 Å². The molecule has 10 heteroatoms. The molecular formula is C24H28ClN5O4. The molecule has 4 amide bonds. The SMILES string of the molecule is COc1cccc(N2CCN(C(=O)CN3CCN(C(=O)Nc4ccc(Cl)cc4)CC3=O)CC2)c1. The number of hydrogen-bond acceptors (Lipinski definition) is 5. The predicted octanol–water partition coefficient (Wildman–Crippen LogP) is 2.37. The number of ether oxygens (including phenoxy) is 1. The van der Waals surface area contributed by atoms with Crippen LogP contribution in [0.2, 0.25) is 5.02 Å². The number of anilines is 2. The van der Waals surface area contributed by atoms with Crippen LogP contribution in [0, 0.1) is 0 Å². The number of halogens is 1. The summed E-state index contributed by atoms with van der Waals surface area (Å²) >= 11 is 5.86. The molecule has 2 aromatic rings. The van der Waals surface area contributed by atoms with Gasteiger partial charge in [-0.3, -0.25) is 9.59 Å². The highest BCUT2D eigenvalue weighted by Gasteiger charge is 2.30. The minimum atomic E-state index is -0.352. The van der Waals surface area contributed by atoms with E-state index in [-0.39, 0.29) is 30.9 Å². The Morgan fingerprint density at radius 1 is 0.971 bits per heavy atom. The lowest BCUT2D eigenvalue weighted by Gasteiger charge is -2.38. The Bertz CT molecular complexity index is 1040. The van der Waals surface area contributed by atoms with Gasteiger partial charge in [-0.15, -0.1) is 0 Å². The van der Waals surface area contributed by atoms with Gasteiger partial charge in [-0.1, -0.05) is 17.7 Å². The molecule has 0 atom stereocenters. The number of nitrogens with zero attached hydrogens (tertiary/aromatic N) is 4. The van der Waals surface area contributed by atoms with Crippen LogP contribution >= 0.6 is 11.6 Å². The van der Waals surface area contributed by atoms with Crippen LogP contribution in [0.1, 0.15) is 0 Å². The van der Waals surface area contributed by atoms with E-state index in [1.807, 2.05) is 24.3 Å². The Morgan fingerprint density at radius 2 is 1.68 bits per heavy atom. The normalized spacial score (nSPS) is 16.5. The van der Waals surface area contributed by atoms with Gasteiger partial charge in [0, 0.05) is 61.7 Å². The first kappa shape index (κ1) is 23.7. The van der Waals surface area contributed by atoms with Crippen molar-refractivity contribution in [2.75, 3.05) is 69.7 Å². The van der Waals surface area contributed by atoms with Gasteiger partial charge in [-0.25, -0.2) is 4.79 Å². The summed E-state index contributed by atoms with van der Waals surface area (Å²) in [5, 5.41) is 3.34. The maximum atomic E-state index is 12.8. The van der Waals surface area contributed by atoms with Crippen LogP contribution in [0.4, 0.5) is 16.2 Å². The van der Waals surface area contributed by atoms with Gasteiger partial charge in [0.05, 0.1) is 13.7 Å². The van der Waals surface area contributed by atoms with Crippen molar-refractivity contribution in [3.63, 3.8) is 0 Å². The Balaban J connectivity index is 1.24. The number of methoxy groups -OCH3 is 1. The molecule has 4 rings (SSSR count). The standard InChI is InChI=1S/C24H28ClN5O4/c1-34-21-4-2-3-20(15-21)27-9-11-28(12-10-27)22(31)16-29-13-14-30(17-23(29)32)24(33)26-19-7-5-18(25)6-8-19/h2-8,15H,9-14,16-17H2,1H3,(H,26,33). The third kappa shape index (κ3) is 5.72. The summed E-state index contributed by atoms with van der Waals surface area (Å²) in [5.41, 5.74) is 1.67. The molecule has 0 unspecified atom stereocenters. The molecule has 2 aliphatic rings. The minimum absolute atomic E-state index is 0.0324. The second-order valence-electron chi connectivity index (χ2n) is 8.24. The molecular weight excluding hydrogens is 458 g/mol. The maximum absolute atomic E-state index is 12.8. The van der Waals surface area contributed by atoms with Crippen LogP contribution < -0.4 is 15.0 Å². The van der Waals surface area contributed by atoms with Crippen LogP contribution in [0.25, 0.3) is 0 Å². The second kappa shape index (κ2) is 10.6. The van der Waals surface area contributed by atoms with Crippen molar-refractivity contribution in [1.82, 2.24) is 14.7 Å². The lowest BCUT2D eigenvalue weighted by atomic mass is 10.2. The molecule has 34 heavy (non-hydrogen) atoms. The first-order valence-corrected chi connectivity index (χ1v) is 11.6. The summed E-state index contributed by atoms with van der Waals surface area (Å²) in [6.07, 6.45) is 0. The smallest absolute Gasteiger partial charge is 0.322 e. The summed E-state index contributed by atoms with van der Waals surface area (Å²) in [5.74, 6) is 0.495. The van der Waals surface area contributed by atoms with Gasteiger partial charge >= 0.3 is 6.03 Å². The van der Waals surface area contributed by atoms with Gasteiger partial charge in [0.15, 0.2) is 0 Å². The van der Waals surface area contributed by atoms with Gasteiger partial charge in [-0.2, -0.15) is 0 Å². The number of urea groups is 1. The first-order chi connectivity index (χ1) is 16.4. The van der Waals surface area contributed by atoms with Crippen molar-refractivity contribution in [3.05, 3.63) is 53.6 Å². The van der Waals surface area contributed by atoms with E-state index in [0.717, 1.165) is 11.4 Å². The summed E-state index contributed by atoms with van der Waals surface area (Å²) in [6.45, 7) is 3.27. The quantitative estimate of drug-likeness (QED) is 0.702. The van der Waals surface area contributed by atoms with Gasteiger partial charge in [0.2, 0.25) is 11.8 Å². The average molecular weight is 486 g/mol. The third-order valence-corrected chi connectivity index (χ3v) is 6.33. The van der Waals surface area contributed by atoms with Crippen molar-refractivity contribution >= 4 is 40.8 Å². The molecule has 180 valence electrons. The molecule has 0 aromatic heterocycles. The fraction of sp³-hybridized carbons (Fsp3) is 0.375. The number of hydrogen-bond donors (Lipinski definition) is 1. The number of rotatable bonds is 5. The molecule has 0 saturated carbocycles. The molecule has 2 heterocycles. The third-order valence-electron chi connectivity index (χ3n) is 6.08. The zero-order chi connectivity index (χ0) is 24.1. The predicted molar refractivity (Wildman–Crippen MR) is 130 cm³/mol. The number of benzene rings is 2. The van der Waals surface area contributed by atoms with Crippen LogP contribution in [0.5, 0.6) is 5.75 Å². The van der Waals surface area contributed by atoms with Gasteiger partial charge in [0.25, 0.3) is 0 Å². The van der Waals surface area contributed by atoms with Crippen molar-refractivity contribution in [2.45, 2.75) is 0 Å². The van der Waals surface area contributed by atoms with Crippen LogP contribution in [0.3, 0.4) is 0 Å². The zero-order valence-electron chi connectivity index (χ0n) is 19.1. The highest BCUT2D eigenvalue weighted by atomic mass is 35.5. The van der Waals surface area contributed by atoms with Crippen LogP contribution in [0.15, 0.2) is 48.5 Å². The van der Waals surface area contributed by atoms with Crippen molar-refractivity contribution in [2.24, 2.45) is 0 Å². The fourth-order valence-electron chi connectivity index (χ4n) is 4.07. The summed E-state index contributed by atoms with van der Waals surface area (Å²) in [7, 11) is 1.64. The van der Waals surface area contributed by atoms with E-state index in [2.05, 4.69) is 10.2 Å². The van der Waals surface area contributed by atoms with E-state index < -0.39 is 0 Å². The Kier molecular flexibility index (Phi) is 7.42. The molecule has 0 aliphatic carbocycles. The van der Waals surface area contributed by atoms with Crippen molar-refractivity contribution in [3.8, 4) is 5.75 Å². The summed E-state index contributed by atoms with van der Waals surface area (Å²) in [6, 6.07) is 14.3. The molecule has 1 N–H and O–H groups in total. The first-order valence-electron chi connectivity index (χ1n) is 11.2. The summed E-state index contributed by atoms with van der Waals surface area (Å²) < 4.78 is 5.29. The molecule has 9 nitrogen and oxygen atoms in total. The van der Waals surface area contributed by atoms with E-state index in [1.165, 1.54) is 9.80 Å². The monoisotopic (exact) mass is 485 g/mol. The van der Waals surface area contributed by atoms with E-state index >= 15 is 0 Å². The minimum Gasteiger partial charge on any atom is -0.497 e. The van der Waals surface area contributed by atoms with E-state index in [9.17, 15) is 14.4 Å². The highest BCUT2D eigenvalue weighted by Crippen LogP contribution is 2.22. The largest absolute Gasteiger partial charge is 0.497 e. The van der Waals surface area contributed by atoms with E-state index in [4.69, 9.17) is 16.3 Å². The molecule has 0 bridgehead atoms. The Hall–Kier alpha value is -3.46. The molecule has 2 fully saturated rings. The molecule has 0 radical (unpaired) electrons. The number of amides is 4. The van der Waals surface area contributed by atoms with Crippen LogP contribution in [-0.4, -0.2) is 92.0 Å². The summed E-state index contributed by atoms with van der Waals surface area (Å²) in [4.78, 5) is 44.9. The van der Waals surface area contributed by atoms with Crippen molar-refractivity contribution < 1.29 is 19.1 Å². The molecule has 2 aliphatic heterocycles. The number of carbonyl (C=O) groups is 3. The maximum Gasteiger partial charge on any atom is 0.322 e. The van der Waals surface area contributed by atoms with Gasteiger partial charge < -0.3 is 29.7 Å². The lowest BCUT2D eigenvalue weighted by molar-refractivity contribution is -0.143. The Labute approximate surface area is 203 Å². The van der Waals surface area contributed by atoms with Crippen LogP contribution in [-0.2, 0) is 9.59 Å². The topological polar surface area (TPSA) is 85.4 Å². The molecule has 0 spiro atoms. The van der Waals surface area contributed by atoms with Crippen molar-refractivity contribution in [1.29, 1.82) is 0 Å². The van der Waals surface area contributed by atoms with E-state index in [1.54, 1.807) is 36.3 Å². The number of piperazine rings is 2. The number of nitrogens with one attached hydrogen (secondary N) is 1. The second-order valence-corrected chi connectivity index (χ2v) is 8.68. The highest BCUT2D eigenvalue weighted by molar-refractivity contribution is 6.30. The fourth-order valence-corrected chi connectivity index (χ4v) is 4.20. The van der Waals surface area contributed by atoms with E-state index in [0.29, 0.717) is 50.0 Å². The number of carbonyl (C=O) groups excluding carboxylic acids is 3. The Morgan fingerprint density at radius 3 is 2.35 bits per heavy atom. The van der Waals surface area contributed by atoms with Gasteiger partial charge in [0.1, 0.15) is 12.3 Å². The molecule has 2 saturated heterocycles. The average Bonchev–Trinajstić information content (AvgIpc) is 2.86. The zero-order valence-corrected chi connectivity index (χ0v) is 19.8.